The molecular formula is C21H16O5S2. The highest BCUT2D eigenvalue weighted by molar-refractivity contribution is 7.90. The Morgan fingerprint density at radius 1 is 1.07 bits per heavy atom. The number of para-hydroxylation sites is 1. The summed E-state index contributed by atoms with van der Waals surface area (Å²) in [4.78, 5) is 12.5. The third kappa shape index (κ3) is 3.34. The van der Waals surface area contributed by atoms with Crippen LogP contribution in [0, 0.1) is 6.92 Å². The monoisotopic (exact) mass is 412 g/mol. The largest absolute Gasteiger partial charge is 0.477 e. The fraction of sp³-hybridized carbons (Fsp3) is 0.0952. The Bertz CT molecular complexity index is 1260. The SMILES string of the molecule is Cc1ccccc1S(=O)(=O)Cc1cc(-c2cc3ccccc3o2)sc1C(=O)O. The first-order chi connectivity index (χ1) is 13.3. The molecule has 1 N–H and O–H groups in total. The minimum absolute atomic E-state index is 0.00705. The van der Waals surface area contributed by atoms with Crippen LogP contribution in [0.15, 0.2) is 70.0 Å². The lowest BCUT2D eigenvalue weighted by molar-refractivity contribution is 0.0701. The molecule has 0 spiro atoms. The number of carboxylic acids is 1. The van der Waals surface area contributed by atoms with Crippen LogP contribution < -0.4 is 0 Å². The number of sulfone groups is 1. The molecule has 142 valence electrons. The van der Waals surface area contributed by atoms with Gasteiger partial charge >= 0.3 is 5.97 Å². The Morgan fingerprint density at radius 3 is 2.50 bits per heavy atom. The summed E-state index contributed by atoms with van der Waals surface area (Å²) in [5.74, 6) is -1.01. The highest BCUT2D eigenvalue weighted by atomic mass is 32.2. The summed E-state index contributed by atoms with van der Waals surface area (Å²) in [6.07, 6.45) is 0. The zero-order valence-corrected chi connectivity index (χ0v) is 16.5. The number of rotatable bonds is 5. The molecule has 0 unspecified atom stereocenters. The second-order valence-corrected chi connectivity index (χ2v) is 9.45. The predicted octanol–water partition coefficient (Wildman–Crippen LogP) is 5.14. The molecule has 28 heavy (non-hydrogen) atoms. The Hall–Kier alpha value is -2.90. The number of thiophene rings is 1. The average molecular weight is 412 g/mol. The third-order valence-electron chi connectivity index (χ3n) is 4.45. The van der Waals surface area contributed by atoms with Crippen molar-refractivity contribution in [2.24, 2.45) is 0 Å². The van der Waals surface area contributed by atoms with E-state index in [2.05, 4.69) is 0 Å². The lowest BCUT2D eigenvalue weighted by Crippen LogP contribution is -2.08. The highest BCUT2D eigenvalue weighted by Gasteiger charge is 2.24. The van der Waals surface area contributed by atoms with E-state index in [4.69, 9.17) is 4.42 Å². The summed E-state index contributed by atoms with van der Waals surface area (Å²) >= 11 is 1.02. The van der Waals surface area contributed by atoms with Gasteiger partial charge in [0.1, 0.15) is 16.2 Å². The standard InChI is InChI=1S/C21H16O5S2/c1-13-6-2-5-9-19(13)28(24,25)12-15-11-18(27-20(15)21(22)23)17-10-14-7-3-4-8-16(14)26-17/h2-11H,12H2,1H3,(H,22,23). The first kappa shape index (κ1) is 18.5. The molecule has 4 rings (SSSR count). The topological polar surface area (TPSA) is 84.6 Å². The molecule has 0 aliphatic carbocycles. The number of hydrogen-bond donors (Lipinski definition) is 1. The molecule has 5 nitrogen and oxygen atoms in total. The van der Waals surface area contributed by atoms with Gasteiger partial charge in [0.15, 0.2) is 9.84 Å². The van der Waals surface area contributed by atoms with E-state index in [0.29, 0.717) is 21.8 Å². The molecule has 2 heterocycles. The van der Waals surface area contributed by atoms with Gasteiger partial charge in [-0.05, 0) is 42.3 Å². The van der Waals surface area contributed by atoms with E-state index in [1.165, 1.54) is 6.07 Å². The minimum Gasteiger partial charge on any atom is -0.477 e. The van der Waals surface area contributed by atoms with Gasteiger partial charge in [-0.15, -0.1) is 11.3 Å². The first-order valence-electron chi connectivity index (χ1n) is 8.48. The van der Waals surface area contributed by atoms with Crippen molar-refractivity contribution in [1.82, 2.24) is 0 Å². The van der Waals surface area contributed by atoms with Crippen LogP contribution in [-0.4, -0.2) is 19.5 Å². The van der Waals surface area contributed by atoms with E-state index in [1.807, 2.05) is 30.3 Å². The van der Waals surface area contributed by atoms with Crippen molar-refractivity contribution in [3.63, 3.8) is 0 Å². The molecule has 7 heteroatoms. The zero-order chi connectivity index (χ0) is 19.9. The number of fused-ring (bicyclic) bond motifs is 1. The highest BCUT2D eigenvalue weighted by Crippen LogP contribution is 2.36. The molecule has 0 radical (unpaired) electrons. The van der Waals surface area contributed by atoms with Crippen molar-refractivity contribution < 1.29 is 22.7 Å². The van der Waals surface area contributed by atoms with Gasteiger partial charge < -0.3 is 9.52 Å². The minimum atomic E-state index is -3.68. The molecule has 2 aromatic carbocycles. The van der Waals surface area contributed by atoms with Crippen LogP contribution in [0.5, 0.6) is 0 Å². The lowest BCUT2D eigenvalue weighted by Gasteiger charge is -2.07. The summed E-state index contributed by atoms with van der Waals surface area (Å²) in [6, 6.07) is 17.6. The Balaban J connectivity index is 1.77. The molecule has 0 saturated carbocycles. The quantitative estimate of drug-likeness (QED) is 0.490. The van der Waals surface area contributed by atoms with Crippen LogP contribution in [0.4, 0.5) is 0 Å². The smallest absolute Gasteiger partial charge is 0.346 e. The summed E-state index contributed by atoms with van der Waals surface area (Å²) in [6.45, 7) is 1.72. The molecule has 0 aliphatic rings. The van der Waals surface area contributed by atoms with E-state index in [9.17, 15) is 18.3 Å². The summed E-state index contributed by atoms with van der Waals surface area (Å²) in [7, 11) is -3.68. The lowest BCUT2D eigenvalue weighted by atomic mass is 10.2. The summed E-state index contributed by atoms with van der Waals surface area (Å²) in [5.41, 5.74) is 1.58. The third-order valence-corrected chi connectivity index (χ3v) is 7.44. The molecule has 0 atom stereocenters. The fourth-order valence-corrected chi connectivity index (χ4v) is 5.83. The molecule has 0 bridgehead atoms. The van der Waals surface area contributed by atoms with Crippen LogP contribution in [0.3, 0.4) is 0 Å². The summed E-state index contributed by atoms with van der Waals surface area (Å²) in [5, 5.41) is 10.5. The number of furan rings is 1. The van der Waals surface area contributed by atoms with E-state index in [0.717, 1.165) is 16.7 Å². The van der Waals surface area contributed by atoms with Gasteiger partial charge in [-0.3, -0.25) is 0 Å². The van der Waals surface area contributed by atoms with Gasteiger partial charge in [0.25, 0.3) is 0 Å². The van der Waals surface area contributed by atoms with Crippen molar-refractivity contribution in [2.45, 2.75) is 17.6 Å². The van der Waals surface area contributed by atoms with Crippen LogP contribution in [-0.2, 0) is 15.6 Å². The fourth-order valence-electron chi connectivity index (χ4n) is 3.13. The van der Waals surface area contributed by atoms with Crippen molar-refractivity contribution in [3.05, 3.63) is 76.7 Å². The number of hydrogen-bond acceptors (Lipinski definition) is 5. The van der Waals surface area contributed by atoms with E-state index < -0.39 is 15.8 Å². The maximum Gasteiger partial charge on any atom is 0.346 e. The van der Waals surface area contributed by atoms with Crippen molar-refractivity contribution in [2.75, 3.05) is 0 Å². The second kappa shape index (κ2) is 6.92. The number of benzene rings is 2. The van der Waals surface area contributed by atoms with E-state index >= 15 is 0 Å². The van der Waals surface area contributed by atoms with Gasteiger partial charge in [-0.1, -0.05) is 36.4 Å². The van der Waals surface area contributed by atoms with Crippen molar-refractivity contribution in [1.29, 1.82) is 0 Å². The van der Waals surface area contributed by atoms with Crippen LogP contribution in [0.1, 0.15) is 20.8 Å². The van der Waals surface area contributed by atoms with E-state index in [1.54, 1.807) is 31.2 Å². The van der Waals surface area contributed by atoms with E-state index in [-0.39, 0.29) is 21.1 Å². The van der Waals surface area contributed by atoms with Gasteiger partial charge in [-0.25, -0.2) is 13.2 Å². The van der Waals surface area contributed by atoms with Crippen LogP contribution in [0.2, 0.25) is 0 Å². The molecule has 4 aromatic rings. The van der Waals surface area contributed by atoms with Gasteiger partial charge in [0.2, 0.25) is 0 Å². The average Bonchev–Trinajstić information content (AvgIpc) is 3.25. The number of carboxylic acid groups (broad SMARTS) is 1. The van der Waals surface area contributed by atoms with Crippen molar-refractivity contribution in [3.8, 4) is 10.6 Å². The Labute approximate surface area is 165 Å². The molecule has 0 amide bonds. The van der Waals surface area contributed by atoms with Gasteiger partial charge in [0, 0.05) is 5.39 Å². The zero-order valence-electron chi connectivity index (χ0n) is 14.9. The van der Waals surface area contributed by atoms with Crippen LogP contribution in [0.25, 0.3) is 21.6 Å². The van der Waals surface area contributed by atoms with Gasteiger partial charge in [0.05, 0.1) is 15.5 Å². The Kier molecular flexibility index (Phi) is 4.56. The number of aromatic carboxylic acids is 1. The number of carbonyl (C=O) groups is 1. The maximum absolute atomic E-state index is 12.9. The predicted molar refractivity (Wildman–Crippen MR) is 109 cm³/mol. The Morgan fingerprint density at radius 2 is 1.79 bits per heavy atom. The molecular weight excluding hydrogens is 396 g/mol. The molecule has 2 aromatic heterocycles. The first-order valence-corrected chi connectivity index (χ1v) is 11.0. The maximum atomic E-state index is 12.9. The molecule has 0 aliphatic heterocycles. The number of aryl methyl sites for hydroxylation is 1. The second-order valence-electron chi connectivity index (χ2n) is 6.44. The van der Waals surface area contributed by atoms with Crippen molar-refractivity contribution >= 4 is 38.1 Å². The molecule has 0 fully saturated rings. The van der Waals surface area contributed by atoms with Gasteiger partial charge in [-0.2, -0.15) is 0 Å². The molecule has 0 saturated heterocycles. The van der Waals surface area contributed by atoms with Crippen LogP contribution >= 0.6 is 11.3 Å². The normalized spacial score (nSPS) is 11.8. The summed E-state index contributed by atoms with van der Waals surface area (Å²) < 4.78 is 31.5.